The van der Waals surface area contributed by atoms with Gasteiger partial charge in [0.15, 0.2) is 6.10 Å². The summed E-state index contributed by atoms with van der Waals surface area (Å²) < 4.78 is 5.82. The van der Waals surface area contributed by atoms with Gasteiger partial charge < -0.3 is 24.8 Å². The Morgan fingerprint density at radius 3 is 2.37 bits per heavy atom. The molecule has 35 heavy (non-hydrogen) atoms. The van der Waals surface area contributed by atoms with Gasteiger partial charge in [0.05, 0.1) is 17.3 Å². The molecule has 0 radical (unpaired) electrons. The van der Waals surface area contributed by atoms with Crippen LogP contribution in [0.25, 0.3) is 22.5 Å². The third kappa shape index (κ3) is 5.51. The van der Waals surface area contributed by atoms with Gasteiger partial charge >= 0.3 is 11.7 Å². The van der Waals surface area contributed by atoms with Crippen LogP contribution < -0.4 is 10.4 Å². The first-order valence-electron chi connectivity index (χ1n) is 11.4. The van der Waals surface area contributed by atoms with Gasteiger partial charge in [-0.3, -0.25) is 9.59 Å². The van der Waals surface area contributed by atoms with Crippen LogP contribution in [0.1, 0.15) is 25.3 Å². The van der Waals surface area contributed by atoms with E-state index in [1.54, 1.807) is 67.3 Å². The summed E-state index contributed by atoms with van der Waals surface area (Å²) in [6.45, 7) is 4.25. The summed E-state index contributed by atoms with van der Waals surface area (Å²) in [6.07, 6.45) is 0.170. The number of piperidine rings is 1. The van der Waals surface area contributed by atoms with E-state index in [2.05, 4.69) is 9.97 Å². The summed E-state index contributed by atoms with van der Waals surface area (Å²) >= 11 is 0. The zero-order chi connectivity index (χ0) is 25.1. The molecule has 1 saturated heterocycles. The van der Waals surface area contributed by atoms with Gasteiger partial charge in [0.25, 0.3) is 5.91 Å². The molecule has 1 atom stereocenters. The number of hydrogen-bond donors (Lipinski definition) is 3. The molecule has 9 heteroatoms. The molecule has 0 aliphatic carbocycles. The molecule has 9 nitrogen and oxygen atoms in total. The largest absolute Gasteiger partial charge is 0.508 e. The molecule has 4 rings (SSSR count). The number of nitrogens with one attached hydrogen (secondary N) is 1. The Morgan fingerprint density at radius 1 is 1.09 bits per heavy atom. The van der Waals surface area contributed by atoms with Gasteiger partial charge in [0, 0.05) is 18.7 Å². The number of benzene rings is 2. The molecule has 1 unspecified atom stereocenters. The number of ether oxygens (including phenoxy) is 1. The van der Waals surface area contributed by atoms with E-state index in [0.29, 0.717) is 54.2 Å². The predicted molar refractivity (Wildman–Crippen MR) is 129 cm³/mol. The van der Waals surface area contributed by atoms with E-state index in [4.69, 9.17) is 9.84 Å². The fraction of sp³-hybridized carbons (Fsp3) is 0.308. The van der Waals surface area contributed by atoms with E-state index in [1.807, 2.05) is 0 Å². The van der Waals surface area contributed by atoms with Gasteiger partial charge in [0.1, 0.15) is 11.5 Å². The maximum Gasteiger partial charge on any atom is 0.345 e. The van der Waals surface area contributed by atoms with Crippen molar-refractivity contribution in [3.63, 3.8) is 0 Å². The molecule has 0 bridgehead atoms. The average molecular weight is 478 g/mol. The number of amides is 1. The predicted octanol–water partition coefficient (Wildman–Crippen LogP) is 3.21. The van der Waals surface area contributed by atoms with Crippen molar-refractivity contribution in [2.45, 2.75) is 32.8 Å². The number of aromatic amines is 1. The molecule has 182 valence electrons. The van der Waals surface area contributed by atoms with E-state index in [9.17, 15) is 19.5 Å². The third-order valence-electron chi connectivity index (χ3n) is 6.22. The van der Waals surface area contributed by atoms with Crippen LogP contribution in [0, 0.1) is 12.8 Å². The molecule has 0 spiro atoms. The lowest BCUT2D eigenvalue weighted by Gasteiger charge is -2.32. The van der Waals surface area contributed by atoms with Crippen molar-refractivity contribution < 1.29 is 24.5 Å². The van der Waals surface area contributed by atoms with Crippen LogP contribution in [0.15, 0.2) is 53.3 Å². The summed E-state index contributed by atoms with van der Waals surface area (Å²) in [5.41, 5.74) is 2.70. The maximum absolute atomic E-state index is 12.7. The molecular weight excluding hydrogens is 450 g/mol. The lowest BCUT2D eigenvalue weighted by Crippen LogP contribution is -2.45. The highest BCUT2D eigenvalue weighted by molar-refractivity contribution is 5.81. The van der Waals surface area contributed by atoms with Crippen molar-refractivity contribution in [3.8, 4) is 34.0 Å². The first kappa shape index (κ1) is 24.0. The van der Waals surface area contributed by atoms with Crippen LogP contribution >= 0.6 is 0 Å². The molecule has 1 aliphatic rings. The number of H-pyrrole nitrogens is 1. The zero-order valence-corrected chi connectivity index (χ0v) is 19.5. The van der Waals surface area contributed by atoms with Crippen LogP contribution in [0.5, 0.6) is 11.5 Å². The molecule has 1 aromatic heterocycles. The molecular formula is C26H27N3O6. The number of likely N-dealkylation sites (tertiary alicyclic amines) is 1. The monoisotopic (exact) mass is 477 g/mol. The molecule has 3 N–H and O–H groups in total. The highest BCUT2D eigenvalue weighted by Crippen LogP contribution is 2.27. The Kier molecular flexibility index (Phi) is 6.86. The zero-order valence-electron chi connectivity index (χ0n) is 19.5. The fourth-order valence-electron chi connectivity index (χ4n) is 4.15. The second kappa shape index (κ2) is 10.0. The van der Waals surface area contributed by atoms with Crippen LogP contribution in [-0.2, 0) is 9.59 Å². The van der Waals surface area contributed by atoms with Gasteiger partial charge in [-0.15, -0.1) is 0 Å². The molecule has 2 aromatic carbocycles. The first-order valence-corrected chi connectivity index (χ1v) is 11.4. The highest BCUT2D eigenvalue weighted by atomic mass is 16.5. The summed E-state index contributed by atoms with van der Waals surface area (Å²) in [5, 5.41) is 18.9. The number of aromatic hydroxyl groups is 1. The number of phenols is 1. The summed E-state index contributed by atoms with van der Waals surface area (Å²) in [4.78, 5) is 44.4. The standard InChI is InChI=1S/C26H27N3O6/c1-15-13-19(5-8-23(15)30)22-14-21(27-26(34)28-22)17-3-6-20(7-4-17)35-16(2)24(31)29-11-9-18(10-12-29)25(32)33/h3-8,13-14,16,18,30H,9-12H2,1-2H3,(H,32,33)(H,27,28,34). The Bertz CT molecular complexity index is 1290. The van der Waals surface area contributed by atoms with Crippen molar-refractivity contribution in [1.29, 1.82) is 0 Å². The Morgan fingerprint density at radius 2 is 1.74 bits per heavy atom. The van der Waals surface area contributed by atoms with Crippen molar-refractivity contribution in [2.24, 2.45) is 5.92 Å². The molecule has 1 aliphatic heterocycles. The number of carboxylic acid groups (broad SMARTS) is 1. The highest BCUT2D eigenvalue weighted by Gasteiger charge is 2.29. The van der Waals surface area contributed by atoms with Crippen LogP contribution in [0.4, 0.5) is 0 Å². The van der Waals surface area contributed by atoms with Crippen molar-refractivity contribution in [3.05, 3.63) is 64.6 Å². The lowest BCUT2D eigenvalue weighted by molar-refractivity contribution is -0.147. The Balaban J connectivity index is 1.45. The third-order valence-corrected chi connectivity index (χ3v) is 6.22. The number of aryl methyl sites for hydroxylation is 1. The van der Waals surface area contributed by atoms with Gasteiger partial charge in [-0.2, -0.15) is 4.98 Å². The number of hydrogen-bond acceptors (Lipinski definition) is 6. The van der Waals surface area contributed by atoms with Gasteiger partial charge in [-0.1, -0.05) is 0 Å². The van der Waals surface area contributed by atoms with E-state index >= 15 is 0 Å². The van der Waals surface area contributed by atoms with Crippen molar-refractivity contribution in [2.75, 3.05) is 13.1 Å². The number of carboxylic acids is 1. The van der Waals surface area contributed by atoms with E-state index in [-0.39, 0.29) is 11.7 Å². The first-order chi connectivity index (χ1) is 16.7. The Hall–Kier alpha value is -4.14. The van der Waals surface area contributed by atoms with E-state index < -0.39 is 23.7 Å². The van der Waals surface area contributed by atoms with Crippen molar-refractivity contribution in [1.82, 2.24) is 14.9 Å². The second-order valence-electron chi connectivity index (χ2n) is 8.71. The number of aliphatic carboxylic acids is 1. The molecule has 0 saturated carbocycles. The second-order valence-corrected chi connectivity index (χ2v) is 8.71. The SMILES string of the molecule is Cc1cc(-c2cc(-c3ccc(OC(C)C(=O)N4CCC(C(=O)O)CC4)cc3)[nH]c(=O)n2)ccc1O. The maximum atomic E-state index is 12.7. The average Bonchev–Trinajstić information content (AvgIpc) is 2.85. The molecule has 2 heterocycles. The minimum atomic E-state index is -0.817. The van der Waals surface area contributed by atoms with Crippen LogP contribution in [0.3, 0.4) is 0 Å². The number of rotatable bonds is 6. The Labute approximate surface area is 202 Å². The summed E-state index contributed by atoms with van der Waals surface area (Å²) in [7, 11) is 0. The number of phenolic OH excluding ortho intramolecular Hbond substituents is 1. The number of aromatic nitrogens is 2. The van der Waals surface area contributed by atoms with Gasteiger partial charge in [-0.05, 0) is 86.3 Å². The topological polar surface area (TPSA) is 133 Å². The molecule has 1 fully saturated rings. The number of carbonyl (C=O) groups excluding carboxylic acids is 1. The summed E-state index contributed by atoms with van der Waals surface area (Å²) in [5.74, 6) is -0.721. The van der Waals surface area contributed by atoms with E-state index in [1.165, 1.54) is 0 Å². The quantitative estimate of drug-likeness (QED) is 0.496. The number of carbonyl (C=O) groups is 2. The fourth-order valence-corrected chi connectivity index (χ4v) is 4.15. The van der Waals surface area contributed by atoms with Gasteiger partial charge in [-0.25, -0.2) is 4.79 Å². The van der Waals surface area contributed by atoms with Crippen LogP contribution in [0.2, 0.25) is 0 Å². The summed E-state index contributed by atoms with van der Waals surface area (Å²) in [6, 6.07) is 13.8. The smallest absolute Gasteiger partial charge is 0.345 e. The van der Waals surface area contributed by atoms with E-state index in [0.717, 1.165) is 5.56 Å². The normalized spacial score (nSPS) is 15.0. The van der Waals surface area contributed by atoms with Crippen molar-refractivity contribution >= 4 is 11.9 Å². The number of nitrogens with zero attached hydrogens (tertiary/aromatic N) is 2. The minimum Gasteiger partial charge on any atom is -0.508 e. The minimum absolute atomic E-state index is 0.173. The van der Waals surface area contributed by atoms with Crippen LogP contribution in [-0.4, -0.2) is 56.2 Å². The molecule has 3 aromatic rings. The molecule has 1 amide bonds. The lowest BCUT2D eigenvalue weighted by atomic mass is 9.97. The van der Waals surface area contributed by atoms with Gasteiger partial charge in [0.2, 0.25) is 0 Å².